The number of hydrogen-bond donors (Lipinski definition) is 2. The molecule has 0 radical (unpaired) electrons. The molecule has 1 aromatic rings. The van der Waals surface area contributed by atoms with Crippen LogP contribution in [0.3, 0.4) is 0 Å². The Bertz CT molecular complexity index is 244. The van der Waals surface area contributed by atoms with Gasteiger partial charge in [-0.25, -0.2) is 0 Å². The first-order valence-corrected chi connectivity index (χ1v) is 5.58. The van der Waals surface area contributed by atoms with Crippen molar-refractivity contribution >= 4 is 0 Å². The molecule has 0 saturated heterocycles. The number of hydrogen-bond acceptors (Lipinski definition) is 2. The quantitative estimate of drug-likeness (QED) is 0.799. The summed E-state index contributed by atoms with van der Waals surface area (Å²) in [5.74, 6) is 0. The van der Waals surface area contributed by atoms with Crippen LogP contribution in [0, 0.1) is 0 Å². The van der Waals surface area contributed by atoms with E-state index in [0.29, 0.717) is 0 Å². The Kier molecular flexibility index (Phi) is 7.01. The molecule has 1 atom stereocenters. The minimum Gasteiger partial charge on any atom is -0.394 e. The SMILES string of the molecule is CC.CC(N)(CO)CCc1ccccc1. The van der Waals surface area contributed by atoms with Crippen LogP contribution in [0.4, 0.5) is 0 Å². The molecule has 0 aliphatic heterocycles. The van der Waals surface area contributed by atoms with Crippen molar-refractivity contribution in [2.75, 3.05) is 6.61 Å². The fraction of sp³-hybridized carbons (Fsp3) is 0.538. The molecule has 0 aliphatic carbocycles. The lowest BCUT2D eigenvalue weighted by atomic mass is 9.95. The fourth-order valence-corrected chi connectivity index (χ4v) is 1.15. The molecule has 86 valence electrons. The van der Waals surface area contributed by atoms with Crippen LogP contribution >= 0.6 is 0 Å². The molecule has 15 heavy (non-hydrogen) atoms. The minimum absolute atomic E-state index is 0.0415. The lowest BCUT2D eigenvalue weighted by Crippen LogP contribution is -2.40. The van der Waals surface area contributed by atoms with Crippen LogP contribution in [0.25, 0.3) is 0 Å². The number of rotatable bonds is 4. The molecule has 1 rings (SSSR count). The first-order valence-electron chi connectivity index (χ1n) is 5.58. The molecule has 0 spiro atoms. The summed E-state index contributed by atoms with van der Waals surface area (Å²) < 4.78 is 0. The van der Waals surface area contributed by atoms with Crippen molar-refractivity contribution in [2.45, 2.75) is 39.2 Å². The van der Waals surface area contributed by atoms with E-state index in [2.05, 4.69) is 12.1 Å². The summed E-state index contributed by atoms with van der Waals surface area (Å²) in [7, 11) is 0. The molecule has 0 aromatic heterocycles. The molecular weight excluding hydrogens is 186 g/mol. The maximum absolute atomic E-state index is 8.95. The van der Waals surface area contributed by atoms with Crippen LogP contribution in [-0.4, -0.2) is 17.3 Å². The van der Waals surface area contributed by atoms with Gasteiger partial charge in [-0.05, 0) is 25.3 Å². The molecule has 0 heterocycles. The van der Waals surface area contributed by atoms with Gasteiger partial charge in [0, 0.05) is 5.54 Å². The minimum atomic E-state index is -0.449. The van der Waals surface area contributed by atoms with Crippen molar-refractivity contribution in [2.24, 2.45) is 5.73 Å². The number of aryl methyl sites for hydroxylation is 1. The van der Waals surface area contributed by atoms with Crippen LogP contribution in [0.15, 0.2) is 30.3 Å². The van der Waals surface area contributed by atoms with Gasteiger partial charge in [-0.3, -0.25) is 0 Å². The smallest absolute Gasteiger partial charge is 0.0608 e. The van der Waals surface area contributed by atoms with Crippen LogP contribution in [0.2, 0.25) is 0 Å². The largest absolute Gasteiger partial charge is 0.394 e. The second-order valence-electron chi connectivity index (χ2n) is 3.80. The van der Waals surface area contributed by atoms with Gasteiger partial charge in [0.05, 0.1) is 6.61 Å². The average Bonchev–Trinajstić information content (AvgIpc) is 2.31. The summed E-state index contributed by atoms with van der Waals surface area (Å²) in [5, 5.41) is 8.95. The van der Waals surface area contributed by atoms with Crippen LogP contribution in [-0.2, 0) is 6.42 Å². The van der Waals surface area contributed by atoms with Crippen LogP contribution in [0.1, 0.15) is 32.8 Å². The van der Waals surface area contributed by atoms with Gasteiger partial charge in [0.1, 0.15) is 0 Å². The fourth-order valence-electron chi connectivity index (χ4n) is 1.15. The molecule has 0 saturated carbocycles. The van der Waals surface area contributed by atoms with E-state index in [1.165, 1.54) is 5.56 Å². The Morgan fingerprint density at radius 3 is 2.20 bits per heavy atom. The van der Waals surface area contributed by atoms with Gasteiger partial charge in [0.2, 0.25) is 0 Å². The van der Waals surface area contributed by atoms with Crippen molar-refractivity contribution in [3.63, 3.8) is 0 Å². The Morgan fingerprint density at radius 2 is 1.73 bits per heavy atom. The normalized spacial score (nSPS) is 13.7. The average molecular weight is 209 g/mol. The highest BCUT2D eigenvalue weighted by Gasteiger charge is 2.15. The topological polar surface area (TPSA) is 46.2 Å². The van der Waals surface area contributed by atoms with E-state index >= 15 is 0 Å². The number of benzene rings is 1. The molecule has 3 N–H and O–H groups in total. The van der Waals surface area contributed by atoms with E-state index in [1.54, 1.807) is 0 Å². The van der Waals surface area contributed by atoms with Crippen LogP contribution in [0.5, 0.6) is 0 Å². The number of nitrogens with two attached hydrogens (primary N) is 1. The lowest BCUT2D eigenvalue weighted by molar-refractivity contribution is 0.200. The molecule has 0 bridgehead atoms. The second-order valence-corrected chi connectivity index (χ2v) is 3.80. The van der Waals surface area contributed by atoms with Crippen molar-refractivity contribution in [3.8, 4) is 0 Å². The highest BCUT2D eigenvalue weighted by atomic mass is 16.3. The highest BCUT2D eigenvalue weighted by molar-refractivity contribution is 5.15. The van der Waals surface area contributed by atoms with Crippen molar-refractivity contribution in [3.05, 3.63) is 35.9 Å². The third-order valence-electron chi connectivity index (χ3n) is 2.19. The second kappa shape index (κ2) is 7.43. The molecule has 1 unspecified atom stereocenters. The summed E-state index contributed by atoms with van der Waals surface area (Å²) in [6, 6.07) is 10.2. The molecule has 2 nitrogen and oxygen atoms in total. The predicted octanol–water partition coefficient (Wildman–Crippen LogP) is 2.36. The summed E-state index contributed by atoms with van der Waals surface area (Å²) in [5.41, 5.74) is 6.64. The Balaban J connectivity index is 0.000000921. The van der Waals surface area contributed by atoms with Gasteiger partial charge in [0.15, 0.2) is 0 Å². The Labute approximate surface area is 93.1 Å². The molecular formula is C13H23NO. The van der Waals surface area contributed by atoms with Crippen molar-refractivity contribution < 1.29 is 5.11 Å². The molecule has 1 aromatic carbocycles. The van der Waals surface area contributed by atoms with Gasteiger partial charge >= 0.3 is 0 Å². The zero-order valence-electron chi connectivity index (χ0n) is 10.0. The molecule has 0 amide bonds. The lowest BCUT2D eigenvalue weighted by Gasteiger charge is -2.21. The van der Waals surface area contributed by atoms with Crippen molar-refractivity contribution in [1.82, 2.24) is 0 Å². The van der Waals surface area contributed by atoms with Crippen molar-refractivity contribution in [1.29, 1.82) is 0 Å². The standard InChI is InChI=1S/C11H17NO.C2H6/c1-11(12,9-13)8-7-10-5-3-2-4-6-10;1-2/h2-6,13H,7-9,12H2,1H3;1-2H3. The van der Waals surface area contributed by atoms with Gasteiger partial charge in [-0.2, -0.15) is 0 Å². The van der Waals surface area contributed by atoms with Gasteiger partial charge in [-0.1, -0.05) is 44.2 Å². The summed E-state index contributed by atoms with van der Waals surface area (Å²) in [6.07, 6.45) is 1.74. The van der Waals surface area contributed by atoms with E-state index in [9.17, 15) is 0 Å². The van der Waals surface area contributed by atoms with E-state index in [1.807, 2.05) is 39.0 Å². The third-order valence-corrected chi connectivity index (χ3v) is 2.19. The summed E-state index contributed by atoms with van der Waals surface area (Å²) >= 11 is 0. The molecule has 2 heteroatoms. The third kappa shape index (κ3) is 6.26. The number of aliphatic hydroxyl groups excluding tert-OH is 1. The van der Waals surface area contributed by atoms with E-state index in [-0.39, 0.29) is 6.61 Å². The highest BCUT2D eigenvalue weighted by Crippen LogP contribution is 2.10. The summed E-state index contributed by atoms with van der Waals surface area (Å²) in [4.78, 5) is 0. The first kappa shape index (κ1) is 14.1. The van der Waals surface area contributed by atoms with Gasteiger partial charge < -0.3 is 10.8 Å². The van der Waals surface area contributed by atoms with Crippen LogP contribution < -0.4 is 5.73 Å². The zero-order valence-corrected chi connectivity index (χ0v) is 10.0. The van der Waals surface area contributed by atoms with E-state index in [0.717, 1.165) is 12.8 Å². The first-order chi connectivity index (χ1) is 7.14. The van der Waals surface area contributed by atoms with E-state index in [4.69, 9.17) is 10.8 Å². The maximum Gasteiger partial charge on any atom is 0.0608 e. The van der Waals surface area contributed by atoms with Gasteiger partial charge in [0.25, 0.3) is 0 Å². The Hall–Kier alpha value is -0.860. The Morgan fingerprint density at radius 1 is 1.20 bits per heavy atom. The number of aliphatic hydroxyl groups is 1. The molecule has 0 fully saturated rings. The zero-order chi connectivity index (χ0) is 11.7. The molecule has 0 aliphatic rings. The monoisotopic (exact) mass is 209 g/mol. The predicted molar refractivity (Wildman–Crippen MR) is 65.8 cm³/mol. The maximum atomic E-state index is 8.95. The summed E-state index contributed by atoms with van der Waals surface area (Å²) in [6.45, 7) is 5.91. The van der Waals surface area contributed by atoms with E-state index < -0.39 is 5.54 Å². The van der Waals surface area contributed by atoms with Gasteiger partial charge in [-0.15, -0.1) is 0 Å².